The van der Waals surface area contributed by atoms with Gasteiger partial charge in [0.15, 0.2) is 0 Å². The van der Waals surface area contributed by atoms with Crippen LogP contribution in [0.25, 0.3) is 0 Å². The second-order valence-corrected chi connectivity index (χ2v) is 3.59. The van der Waals surface area contributed by atoms with Gasteiger partial charge in [0.1, 0.15) is 5.75 Å². The molecule has 0 unspecified atom stereocenters. The van der Waals surface area contributed by atoms with Crippen LogP contribution in [0.1, 0.15) is 12.0 Å². The van der Waals surface area contributed by atoms with E-state index in [0.717, 1.165) is 12.2 Å². The second-order valence-electron chi connectivity index (χ2n) is 3.59. The molecular weight excluding hydrogens is 206 g/mol. The predicted octanol–water partition coefficient (Wildman–Crippen LogP) is 1.44. The maximum Gasteiger partial charge on any atom is 0.317 e. The van der Waals surface area contributed by atoms with Crippen LogP contribution in [0.3, 0.4) is 0 Å². The zero-order valence-electron chi connectivity index (χ0n) is 9.40. The number of hydrogen-bond donors (Lipinski definition) is 2. The highest BCUT2D eigenvalue weighted by Crippen LogP contribution is 2.11. The van der Waals surface area contributed by atoms with E-state index in [1.807, 2.05) is 31.2 Å². The lowest BCUT2D eigenvalue weighted by Crippen LogP contribution is -2.24. The number of hydrogen-bond acceptors (Lipinski definition) is 3. The van der Waals surface area contributed by atoms with E-state index in [2.05, 4.69) is 5.32 Å². The van der Waals surface area contributed by atoms with E-state index in [4.69, 9.17) is 9.84 Å². The molecule has 0 radical (unpaired) electrons. The minimum Gasteiger partial charge on any atom is -0.494 e. The van der Waals surface area contributed by atoms with Gasteiger partial charge in [-0.05, 0) is 32.0 Å². The third kappa shape index (κ3) is 5.36. The smallest absolute Gasteiger partial charge is 0.317 e. The second kappa shape index (κ2) is 6.85. The SMILES string of the molecule is Cc1ccc(OCCCNCC(=O)O)cc1. The van der Waals surface area contributed by atoms with Crippen molar-refractivity contribution in [3.05, 3.63) is 29.8 Å². The fourth-order valence-electron chi connectivity index (χ4n) is 1.22. The van der Waals surface area contributed by atoms with Crippen LogP contribution >= 0.6 is 0 Å². The van der Waals surface area contributed by atoms with E-state index < -0.39 is 5.97 Å². The average molecular weight is 223 g/mol. The van der Waals surface area contributed by atoms with E-state index >= 15 is 0 Å². The summed E-state index contributed by atoms with van der Waals surface area (Å²) in [5.41, 5.74) is 1.20. The molecule has 16 heavy (non-hydrogen) atoms. The largest absolute Gasteiger partial charge is 0.494 e. The third-order valence-corrected chi connectivity index (χ3v) is 2.06. The standard InChI is InChI=1S/C12H17NO3/c1-10-3-5-11(6-4-10)16-8-2-7-13-9-12(14)15/h3-6,13H,2,7-9H2,1H3,(H,14,15). The topological polar surface area (TPSA) is 58.6 Å². The Bertz CT molecular complexity index is 322. The number of carboxylic acids is 1. The van der Waals surface area contributed by atoms with Gasteiger partial charge in [-0.3, -0.25) is 4.79 Å². The number of aryl methyl sites for hydroxylation is 1. The molecule has 0 saturated carbocycles. The molecule has 0 aliphatic rings. The number of aliphatic carboxylic acids is 1. The average Bonchev–Trinajstić information content (AvgIpc) is 2.25. The van der Waals surface area contributed by atoms with Gasteiger partial charge in [0.2, 0.25) is 0 Å². The Morgan fingerprint density at radius 3 is 2.69 bits per heavy atom. The molecule has 0 aromatic heterocycles. The highest BCUT2D eigenvalue weighted by atomic mass is 16.5. The zero-order chi connectivity index (χ0) is 11.8. The summed E-state index contributed by atoms with van der Waals surface area (Å²) in [4.78, 5) is 10.2. The summed E-state index contributed by atoms with van der Waals surface area (Å²) in [7, 11) is 0. The Balaban J connectivity index is 2.07. The molecule has 0 aliphatic carbocycles. The van der Waals surface area contributed by atoms with Crippen LogP contribution in [0.5, 0.6) is 5.75 Å². The summed E-state index contributed by atoms with van der Waals surface area (Å²) in [5.74, 6) is 0.0169. The molecule has 4 nitrogen and oxygen atoms in total. The van der Waals surface area contributed by atoms with Crippen LogP contribution in [0.4, 0.5) is 0 Å². The molecule has 0 aliphatic heterocycles. The van der Waals surface area contributed by atoms with Crippen molar-refractivity contribution in [3.63, 3.8) is 0 Å². The zero-order valence-corrected chi connectivity index (χ0v) is 9.40. The van der Waals surface area contributed by atoms with E-state index in [0.29, 0.717) is 13.2 Å². The first-order valence-corrected chi connectivity index (χ1v) is 5.30. The number of nitrogens with one attached hydrogen (secondary N) is 1. The van der Waals surface area contributed by atoms with Crippen molar-refractivity contribution < 1.29 is 14.6 Å². The van der Waals surface area contributed by atoms with Crippen molar-refractivity contribution in [1.29, 1.82) is 0 Å². The maximum absolute atomic E-state index is 10.2. The third-order valence-electron chi connectivity index (χ3n) is 2.06. The molecule has 2 N–H and O–H groups in total. The van der Waals surface area contributed by atoms with Gasteiger partial charge in [-0.15, -0.1) is 0 Å². The Hall–Kier alpha value is -1.55. The normalized spacial score (nSPS) is 10.1. The molecule has 1 aromatic carbocycles. The minimum absolute atomic E-state index is 0.00450. The molecule has 0 saturated heterocycles. The highest BCUT2D eigenvalue weighted by molar-refractivity contribution is 5.68. The number of carboxylic acid groups (broad SMARTS) is 1. The molecule has 0 heterocycles. The number of carbonyl (C=O) groups is 1. The van der Waals surface area contributed by atoms with Crippen molar-refractivity contribution >= 4 is 5.97 Å². The van der Waals surface area contributed by atoms with Gasteiger partial charge < -0.3 is 15.2 Å². The number of rotatable bonds is 7. The molecule has 0 spiro atoms. The van der Waals surface area contributed by atoms with Crippen molar-refractivity contribution in [3.8, 4) is 5.75 Å². The van der Waals surface area contributed by atoms with E-state index in [9.17, 15) is 4.79 Å². The van der Waals surface area contributed by atoms with Crippen LogP contribution in [0.15, 0.2) is 24.3 Å². The molecule has 0 atom stereocenters. The molecule has 0 bridgehead atoms. The number of benzene rings is 1. The molecule has 0 amide bonds. The van der Waals surface area contributed by atoms with Crippen LogP contribution in [-0.2, 0) is 4.79 Å². The fraction of sp³-hybridized carbons (Fsp3) is 0.417. The monoisotopic (exact) mass is 223 g/mol. The minimum atomic E-state index is -0.834. The molecule has 88 valence electrons. The first-order valence-electron chi connectivity index (χ1n) is 5.30. The van der Waals surface area contributed by atoms with E-state index in [-0.39, 0.29) is 6.54 Å². The summed E-state index contributed by atoms with van der Waals surface area (Å²) >= 11 is 0. The van der Waals surface area contributed by atoms with Crippen molar-refractivity contribution in [2.24, 2.45) is 0 Å². The Labute approximate surface area is 95.2 Å². The van der Waals surface area contributed by atoms with Crippen LogP contribution in [0, 0.1) is 6.92 Å². The lowest BCUT2D eigenvalue weighted by atomic mass is 10.2. The first-order chi connectivity index (χ1) is 7.68. The maximum atomic E-state index is 10.2. The predicted molar refractivity (Wildman–Crippen MR) is 61.8 cm³/mol. The Kier molecular flexibility index (Phi) is 5.36. The van der Waals surface area contributed by atoms with Crippen molar-refractivity contribution in [1.82, 2.24) is 5.32 Å². The van der Waals surface area contributed by atoms with Gasteiger partial charge in [-0.1, -0.05) is 17.7 Å². The highest BCUT2D eigenvalue weighted by Gasteiger charge is 1.95. The van der Waals surface area contributed by atoms with Crippen LogP contribution < -0.4 is 10.1 Å². The van der Waals surface area contributed by atoms with Crippen LogP contribution in [-0.4, -0.2) is 30.8 Å². The van der Waals surface area contributed by atoms with Gasteiger partial charge in [0, 0.05) is 0 Å². The number of ether oxygens (including phenoxy) is 1. The molecule has 4 heteroatoms. The van der Waals surface area contributed by atoms with Crippen molar-refractivity contribution in [2.45, 2.75) is 13.3 Å². The Morgan fingerprint density at radius 1 is 1.38 bits per heavy atom. The summed E-state index contributed by atoms with van der Waals surface area (Å²) < 4.78 is 5.48. The van der Waals surface area contributed by atoms with Crippen LogP contribution in [0.2, 0.25) is 0 Å². The lowest BCUT2D eigenvalue weighted by molar-refractivity contribution is -0.135. The van der Waals surface area contributed by atoms with Gasteiger partial charge in [0.25, 0.3) is 0 Å². The van der Waals surface area contributed by atoms with Gasteiger partial charge in [0.05, 0.1) is 13.2 Å². The summed E-state index contributed by atoms with van der Waals surface area (Å²) in [6.07, 6.45) is 0.793. The fourth-order valence-corrected chi connectivity index (χ4v) is 1.22. The Morgan fingerprint density at radius 2 is 2.06 bits per heavy atom. The van der Waals surface area contributed by atoms with E-state index in [1.54, 1.807) is 0 Å². The summed E-state index contributed by atoms with van der Waals surface area (Å²) in [6.45, 7) is 3.28. The molecular formula is C12H17NO3. The lowest BCUT2D eigenvalue weighted by Gasteiger charge is -2.06. The van der Waals surface area contributed by atoms with Crippen molar-refractivity contribution in [2.75, 3.05) is 19.7 Å². The molecule has 1 aromatic rings. The first kappa shape index (κ1) is 12.5. The van der Waals surface area contributed by atoms with Gasteiger partial charge in [-0.25, -0.2) is 0 Å². The molecule has 1 rings (SSSR count). The van der Waals surface area contributed by atoms with Gasteiger partial charge in [-0.2, -0.15) is 0 Å². The molecule has 0 fully saturated rings. The van der Waals surface area contributed by atoms with E-state index in [1.165, 1.54) is 5.56 Å². The summed E-state index contributed by atoms with van der Waals surface area (Å²) in [6, 6.07) is 7.86. The quantitative estimate of drug-likeness (QED) is 0.687. The summed E-state index contributed by atoms with van der Waals surface area (Å²) in [5, 5.41) is 11.2. The van der Waals surface area contributed by atoms with Gasteiger partial charge >= 0.3 is 5.97 Å².